The van der Waals surface area contributed by atoms with Gasteiger partial charge in [0, 0.05) is 31.7 Å². The number of piperidine rings is 1. The second-order valence-corrected chi connectivity index (χ2v) is 7.84. The average molecular weight is 340 g/mol. The van der Waals surface area contributed by atoms with E-state index in [1.54, 1.807) is 0 Å². The number of rotatable bonds is 1. The second-order valence-electron chi connectivity index (χ2n) is 7.84. The number of likely N-dealkylation sites (tertiary alicyclic amines) is 1. The molecule has 4 heterocycles. The normalized spacial score (nSPS) is 34.4. The Labute approximate surface area is 148 Å². The van der Waals surface area contributed by atoms with Crippen LogP contribution in [0.4, 0.5) is 0 Å². The summed E-state index contributed by atoms with van der Waals surface area (Å²) >= 11 is 0. The van der Waals surface area contributed by atoms with Crippen LogP contribution in [0.3, 0.4) is 0 Å². The van der Waals surface area contributed by atoms with Crippen molar-refractivity contribution in [3.8, 4) is 0 Å². The lowest BCUT2D eigenvalue weighted by Crippen LogP contribution is -2.47. The minimum Gasteiger partial charge on any atom is -0.472 e. The van der Waals surface area contributed by atoms with Crippen molar-refractivity contribution < 1.29 is 14.3 Å². The van der Waals surface area contributed by atoms with Crippen molar-refractivity contribution in [3.05, 3.63) is 35.5 Å². The summed E-state index contributed by atoms with van der Waals surface area (Å²) in [7, 11) is 0. The highest BCUT2D eigenvalue weighted by molar-refractivity contribution is 5.97. The molecule has 25 heavy (non-hydrogen) atoms. The van der Waals surface area contributed by atoms with Gasteiger partial charge in [0.15, 0.2) is 6.23 Å². The summed E-state index contributed by atoms with van der Waals surface area (Å²) in [5.74, 6) is 0.914. The van der Waals surface area contributed by atoms with Crippen LogP contribution in [0.25, 0.3) is 0 Å². The van der Waals surface area contributed by atoms with E-state index in [9.17, 15) is 9.59 Å². The smallest absolute Gasteiger partial charge is 0.232 e. The molecule has 1 aliphatic carbocycles. The molecule has 0 bridgehead atoms. The lowest BCUT2D eigenvalue weighted by Gasteiger charge is -2.42. The lowest BCUT2D eigenvalue weighted by molar-refractivity contribution is -0.158. The van der Waals surface area contributed by atoms with E-state index in [1.807, 2.05) is 0 Å². The van der Waals surface area contributed by atoms with Crippen LogP contribution in [0, 0.1) is 5.41 Å². The highest BCUT2D eigenvalue weighted by atomic mass is 16.5. The standard InChI is InChI=1S/C20H24N2O3/c23-16-8-5-9-17(24)22(16)18-12-20-10-3-1-6-14(20)13-21-11-4-2-7-15(21)19(20)25-18/h4,11,13,18H,1-3,5-10,12H2. The Morgan fingerprint density at radius 1 is 1.04 bits per heavy atom. The fourth-order valence-electron chi connectivity index (χ4n) is 5.23. The molecular formula is C20H24N2O3. The third-order valence-electron chi connectivity index (χ3n) is 6.42. The summed E-state index contributed by atoms with van der Waals surface area (Å²) < 4.78 is 6.42. The van der Waals surface area contributed by atoms with Crippen molar-refractivity contribution in [2.45, 2.75) is 70.4 Å². The van der Waals surface area contributed by atoms with Crippen LogP contribution in [0.5, 0.6) is 0 Å². The van der Waals surface area contributed by atoms with Gasteiger partial charge in [0.2, 0.25) is 11.8 Å². The first-order valence-corrected chi connectivity index (χ1v) is 9.60. The Kier molecular flexibility index (Phi) is 3.34. The number of carbonyl (C=O) groups is 2. The fraction of sp³-hybridized carbons (Fsp3) is 0.600. The van der Waals surface area contributed by atoms with Gasteiger partial charge in [0.1, 0.15) is 5.76 Å². The number of carbonyl (C=O) groups excluding carboxylic acids is 2. The molecule has 2 unspecified atom stereocenters. The molecule has 0 aromatic carbocycles. The third kappa shape index (κ3) is 2.14. The van der Waals surface area contributed by atoms with Gasteiger partial charge in [-0.2, -0.15) is 0 Å². The summed E-state index contributed by atoms with van der Waals surface area (Å²) in [6, 6.07) is 0. The summed E-state index contributed by atoms with van der Waals surface area (Å²) in [6.45, 7) is 0. The summed E-state index contributed by atoms with van der Waals surface area (Å²) in [5, 5.41) is 0. The first kappa shape index (κ1) is 15.2. The number of hydrogen-bond donors (Lipinski definition) is 0. The van der Waals surface area contributed by atoms with Crippen LogP contribution in [0.1, 0.15) is 64.2 Å². The van der Waals surface area contributed by atoms with Gasteiger partial charge in [-0.3, -0.25) is 9.59 Å². The summed E-state index contributed by atoms with van der Waals surface area (Å²) in [5.41, 5.74) is 2.56. The van der Waals surface area contributed by atoms with Gasteiger partial charge in [-0.1, -0.05) is 12.5 Å². The molecule has 5 heteroatoms. The Morgan fingerprint density at radius 3 is 2.72 bits per heavy atom. The van der Waals surface area contributed by atoms with E-state index in [-0.39, 0.29) is 17.2 Å². The van der Waals surface area contributed by atoms with E-state index in [1.165, 1.54) is 29.0 Å². The lowest BCUT2D eigenvalue weighted by atomic mass is 9.66. The van der Waals surface area contributed by atoms with Gasteiger partial charge in [0.05, 0.1) is 11.1 Å². The molecule has 0 aromatic heterocycles. The van der Waals surface area contributed by atoms with Crippen molar-refractivity contribution in [1.82, 2.24) is 9.80 Å². The third-order valence-corrected chi connectivity index (χ3v) is 6.42. The number of amides is 2. The van der Waals surface area contributed by atoms with Gasteiger partial charge in [-0.05, 0) is 44.1 Å². The van der Waals surface area contributed by atoms with E-state index < -0.39 is 6.23 Å². The van der Waals surface area contributed by atoms with Crippen molar-refractivity contribution in [2.75, 3.05) is 0 Å². The first-order chi connectivity index (χ1) is 12.2. The van der Waals surface area contributed by atoms with Crippen molar-refractivity contribution >= 4 is 11.8 Å². The summed E-state index contributed by atoms with van der Waals surface area (Å²) in [6.07, 6.45) is 15.1. The van der Waals surface area contributed by atoms with Crippen molar-refractivity contribution in [2.24, 2.45) is 5.41 Å². The monoisotopic (exact) mass is 340 g/mol. The SMILES string of the molecule is O=C1CCCC(=O)N1C1CC23CCCCC2=CN2C=CCCC2=C3O1. The van der Waals surface area contributed by atoms with E-state index in [4.69, 9.17) is 4.74 Å². The van der Waals surface area contributed by atoms with E-state index in [2.05, 4.69) is 23.4 Å². The maximum Gasteiger partial charge on any atom is 0.232 e. The highest BCUT2D eigenvalue weighted by Gasteiger charge is 2.55. The minimum absolute atomic E-state index is 0.0661. The molecule has 2 saturated heterocycles. The Bertz CT molecular complexity index is 719. The molecule has 0 aromatic rings. The molecule has 4 aliphatic heterocycles. The Hall–Kier alpha value is -2.04. The molecule has 3 fully saturated rings. The van der Waals surface area contributed by atoms with Gasteiger partial charge in [-0.25, -0.2) is 4.90 Å². The zero-order chi connectivity index (χ0) is 17.0. The number of imide groups is 1. The molecule has 0 radical (unpaired) electrons. The van der Waals surface area contributed by atoms with E-state index in [0.717, 1.165) is 37.9 Å². The molecule has 1 spiro atoms. The zero-order valence-electron chi connectivity index (χ0n) is 14.5. The van der Waals surface area contributed by atoms with Crippen molar-refractivity contribution in [1.29, 1.82) is 0 Å². The van der Waals surface area contributed by atoms with Crippen LogP contribution in [0.2, 0.25) is 0 Å². The van der Waals surface area contributed by atoms with Gasteiger partial charge >= 0.3 is 0 Å². The molecule has 2 amide bonds. The molecule has 5 aliphatic rings. The first-order valence-electron chi connectivity index (χ1n) is 9.60. The topological polar surface area (TPSA) is 49.9 Å². The number of fused-ring (bicyclic) bond motifs is 1. The minimum atomic E-state index is -0.421. The maximum absolute atomic E-state index is 12.4. The van der Waals surface area contributed by atoms with Crippen LogP contribution >= 0.6 is 0 Å². The quantitative estimate of drug-likeness (QED) is 0.685. The summed E-state index contributed by atoms with van der Waals surface area (Å²) in [4.78, 5) is 28.5. The fourth-order valence-corrected chi connectivity index (χ4v) is 5.23. The molecule has 132 valence electrons. The van der Waals surface area contributed by atoms with Crippen LogP contribution in [-0.4, -0.2) is 27.8 Å². The van der Waals surface area contributed by atoms with E-state index >= 15 is 0 Å². The number of nitrogens with zero attached hydrogens (tertiary/aromatic N) is 2. The molecule has 0 N–H and O–H groups in total. The van der Waals surface area contributed by atoms with E-state index in [0.29, 0.717) is 19.3 Å². The average Bonchev–Trinajstić information content (AvgIpc) is 2.99. The second kappa shape index (κ2) is 5.48. The van der Waals surface area contributed by atoms with Gasteiger partial charge < -0.3 is 9.64 Å². The van der Waals surface area contributed by atoms with Gasteiger partial charge in [-0.15, -0.1) is 0 Å². The van der Waals surface area contributed by atoms with Crippen LogP contribution in [-0.2, 0) is 14.3 Å². The van der Waals surface area contributed by atoms with Gasteiger partial charge in [0.25, 0.3) is 0 Å². The molecular weight excluding hydrogens is 316 g/mol. The number of ether oxygens (including phenoxy) is 1. The Balaban J connectivity index is 1.57. The molecule has 2 atom stereocenters. The maximum atomic E-state index is 12.4. The molecule has 1 saturated carbocycles. The highest BCUT2D eigenvalue weighted by Crippen LogP contribution is 2.59. The van der Waals surface area contributed by atoms with Crippen LogP contribution in [0.15, 0.2) is 35.5 Å². The van der Waals surface area contributed by atoms with Crippen LogP contribution < -0.4 is 0 Å². The molecule has 5 rings (SSSR count). The zero-order valence-corrected chi connectivity index (χ0v) is 14.5. The number of hydrogen-bond acceptors (Lipinski definition) is 4. The largest absolute Gasteiger partial charge is 0.472 e. The number of allylic oxidation sites excluding steroid dienone is 3. The predicted octanol–water partition coefficient (Wildman–Crippen LogP) is 3.55. The predicted molar refractivity (Wildman–Crippen MR) is 91.4 cm³/mol. The van der Waals surface area contributed by atoms with Crippen molar-refractivity contribution in [3.63, 3.8) is 0 Å². The molecule has 5 nitrogen and oxygen atoms in total. The Morgan fingerprint density at radius 2 is 1.88 bits per heavy atom.